The van der Waals surface area contributed by atoms with E-state index in [0.717, 1.165) is 24.9 Å². The van der Waals surface area contributed by atoms with Crippen LogP contribution in [0, 0.1) is 0 Å². The molecule has 0 heterocycles. The van der Waals surface area contributed by atoms with E-state index in [-0.39, 0.29) is 0 Å². The second kappa shape index (κ2) is 7.46. The summed E-state index contributed by atoms with van der Waals surface area (Å²) in [6, 6.07) is 9.99. The molecule has 0 fully saturated rings. The highest BCUT2D eigenvalue weighted by molar-refractivity contribution is 5.47. The summed E-state index contributed by atoms with van der Waals surface area (Å²) >= 11 is 0. The third-order valence-corrected chi connectivity index (χ3v) is 2.23. The van der Waals surface area contributed by atoms with Crippen LogP contribution in [0.3, 0.4) is 0 Å². The van der Waals surface area contributed by atoms with Crippen LogP contribution < -0.4 is 0 Å². The van der Waals surface area contributed by atoms with Crippen LogP contribution in [-0.2, 0) is 11.3 Å². The number of amides is 1. The molecule has 1 rings (SSSR count). The van der Waals surface area contributed by atoms with E-state index in [1.807, 2.05) is 42.5 Å². The first kappa shape index (κ1) is 12.2. The summed E-state index contributed by atoms with van der Waals surface area (Å²) in [5, 5.41) is 0. The average molecular weight is 215 g/mol. The van der Waals surface area contributed by atoms with Gasteiger partial charge < -0.3 is 4.90 Å². The van der Waals surface area contributed by atoms with E-state index in [0.29, 0.717) is 6.54 Å². The van der Waals surface area contributed by atoms with Crippen LogP contribution >= 0.6 is 0 Å². The molecule has 0 saturated heterocycles. The molecule has 0 aromatic heterocycles. The van der Waals surface area contributed by atoms with Crippen LogP contribution in [0.1, 0.15) is 12.0 Å². The zero-order chi connectivity index (χ0) is 11.6. The SMILES string of the molecule is C=C/C=C/CCN(C=O)Cc1ccccc1. The largest absolute Gasteiger partial charge is 0.341 e. The Kier molecular flexibility index (Phi) is 5.71. The molecule has 1 aromatic carbocycles. The van der Waals surface area contributed by atoms with Crippen molar-refractivity contribution in [1.29, 1.82) is 0 Å². The molecule has 0 saturated carbocycles. The van der Waals surface area contributed by atoms with Crippen LogP contribution in [0.5, 0.6) is 0 Å². The van der Waals surface area contributed by atoms with Gasteiger partial charge in [0.15, 0.2) is 0 Å². The summed E-state index contributed by atoms with van der Waals surface area (Å²) in [5.74, 6) is 0. The predicted molar refractivity (Wildman–Crippen MR) is 66.9 cm³/mol. The summed E-state index contributed by atoms with van der Waals surface area (Å²) in [7, 11) is 0. The van der Waals surface area contributed by atoms with Crippen molar-refractivity contribution < 1.29 is 4.79 Å². The van der Waals surface area contributed by atoms with Crippen molar-refractivity contribution in [3.63, 3.8) is 0 Å². The monoisotopic (exact) mass is 215 g/mol. The van der Waals surface area contributed by atoms with E-state index in [2.05, 4.69) is 6.58 Å². The maximum Gasteiger partial charge on any atom is 0.210 e. The number of hydrogen-bond donors (Lipinski definition) is 0. The Labute approximate surface area is 96.9 Å². The standard InChI is InChI=1S/C14H17NO/c1-2-3-4-8-11-15(13-16)12-14-9-6-5-7-10-14/h2-7,9-10,13H,1,8,11-12H2/b4-3+. The zero-order valence-corrected chi connectivity index (χ0v) is 9.38. The molecule has 0 atom stereocenters. The number of hydrogen-bond acceptors (Lipinski definition) is 1. The fourth-order valence-electron chi connectivity index (χ4n) is 1.42. The van der Waals surface area contributed by atoms with Crippen molar-refractivity contribution in [2.75, 3.05) is 6.54 Å². The first-order chi connectivity index (χ1) is 7.86. The van der Waals surface area contributed by atoms with Gasteiger partial charge in [0.25, 0.3) is 0 Å². The van der Waals surface area contributed by atoms with E-state index >= 15 is 0 Å². The van der Waals surface area contributed by atoms with E-state index in [9.17, 15) is 4.79 Å². The van der Waals surface area contributed by atoms with Gasteiger partial charge in [0, 0.05) is 13.1 Å². The van der Waals surface area contributed by atoms with Crippen molar-refractivity contribution in [3.05, 3.63) is 60.7 Å². The highest BCUT2D eigenvalue weighted by Gasteiger charge is 2.00. The average Bonchev–Trinajstić information content (AvgIpc) is 2.34. The number of benzene rings is 1. The summed E-state index contributed by atoms with van der Waals surface area (Å²) in [5.41, 5.74) is 1.15. The minimum Gasteiger partial charge on any atom is -0.341 e. The number of carbonyl (C=O) groups excluding carboxylic acids is 1. The van der Waals surface area contributed by atoms with Gasteiger partial charge in [0.05, 0.1) is 0 Å². The summed E-state index contributed by atoms with van der Waals surface area (Å²) < 4.78 is 0. The molecule has 0 N–H and O–H groups in total. The van der Waals surface area contributed by atoms with Gasteiger partial charge in [-0.05, 0) is 12.0 Å². The van der Waals surface area contributed by atoms with E-state index in [1.165, 1.54) is 0 Å². The second-order valence-electron chi connectivity index (χ2n) is 3.51. The Bertz CT molecular complexity index is 343. The molecule has 1 aromatic rings. The lowest BCUT2D eigenvalue weighted by atomic mass is 10.2. The van der Waals surface area contributed by atoms with Gasteiger partial charge in [0.1, 0.15) is 0 Å². The Morgan fingerprint density at radius 1 is 1.25 bits per heavy atom. The molecule has 0 aliphatic heterocycles. The topological polar surface area (TPSA) is 20.3 Å². The second-order valence-corrected chi connectivity index (χ2v) is 3.51. The van der Waals surface area contributed by atoms with Gasteiger partial charge in [-0.25, -0.2) is 0 Å². The minimum absolute atomic E-state index is 0.673. The lowest BCUT2D eigenvalue weighted by Crippen LogP contribution is -2.22. The predicted octanol–water partition coefficient (Wildman–Crippen LogP) is 2.78. The maximum atomic E-state index is 10.9. The normalized spacial score (nSPS) is 10.2. The van der Waals surface area contributed by atoms with Gasteiger partial charge in [-0.2, -0.15) is 0 Å². The molecule has 0 bridgehead atoms. The van der Waals surface area contributed by atoms with Crippen molar-refractivity contribution >= 4 is 6.41 Å². The highest BCUT2D eigenvalue weighted by Crippen LogP contribution is 2.03. The fourth-order valence-corrected chi connectivity index (χ4v) is 1.42. The molecular formula is C14H17NO. The Morgan fingerprint density at radius 3 is 2.62 bits per heavy atom. The first-order valence-corrected chi connectivity index (χ1v) is 5.37. The van der Waals surface area contributed by atoms with E-state index < -0.39 is 0 Å². The van der Waals surface area contributed by atoms with Gasteiger partial charge in [-0.15, -0.1) is 0 Å². The first-order valence-electron chi connectivity index (χ1n) is 5.37. The summed E-state index contributed by atoms with van der Waals surface area (Å²) in [4.78, 5) is 12.6. The molecule has 84 valence electrons. The Morgan fingerprint density at radius 2 is 2.00 bits per heavy atom. The van der Waals surface area contributed by atoms with Crippen molar-refractivity contribution in [3.8, 4) is 0 Å². The molecule has 16 heavy (non-hydrogen) atoms. The number of rotatable bonds is 7. The van der Waals surface area contributed by atoms with Gasteiger partial charge >= 0.3 is 0 Å². The molecule has 1 amide bonds. The number of nitrogens with zero attached hydrogens (tertiary/aromatic N) is 1. The smallest absolute Gasteiger partial charge is 0.210 e. The number of allylic oxidation sites excluding steroid dienone is 2. The van der Waals surface area contributed by atoms with Crippen molar-refractivity contribution in [2.24, 2.45) is 0 Å². The Hall–Kier alpha value is -1.83. The molecule has 0 radical (unpaired) electrons. The van der Waals surface area contributed by atoms with Gasteiger partial charge in [-0.3, -0.25) is 4.79 Å². The molecular weight excluding hydrogens is 198 g/mol. The molecule has 2 nitrogen and oxygen atoms in total. The lowest BCUT2D eigenvalue weighted by molar-refractivity contribution is -0.118. The van der Waals surface area contributed by atoms with Crippen molar-refractivity contribution in [1.82, 2.24) is 4.90 Å². The summed E-state index contributed by atoms with van der Waals surface area (Å²) in [6.45, 7) is 5.01. The fraction of sp³-hybridized carbons (Fsp3) is 0.214. The van der Waals surface area contributed by atoms with Crippen LogP contribution in [0.25, 0.3) is 0 Å². The van der Waals surface area contributed by atoms with E-state index in [4.69, 9.17) is 0 Å². The molecule has 2 heteroatoms. The quantitative estimate of drug-likeness (QED) is 0.506. The third-order valence-electron chi connectivity index (χ3n) is 2.23. The highest BCUT2D eigenvalue weighted by atomic mass is 16.1. The lowest BCUT2D eigenvalue weighted by Gasteiger charge is -2.16. The van der Waals surface area contributed by atoms with E-state index in [1.54, 1.807) is 11.0 Å². The summed E-state index contributed by atoms with van der Waals surface area (Å²) in [6.07, 6.45) is 7.40. The van der Waals surface area contributed by atoms with Crippen LogP contribution in [0.15, 0.2) is 55.1 Å². The number of carbonyl (C=O) groups is 1. The van der Waals surface area contributed by atoms with Crippen LogP contribution in [0.2, 0.25) is 0 Å². The third kappa shape index (κ3) is 4.60. The minimum atomic E-state index is 0.673. The van der Waals surface area contributed by atoms with Crippen LogP contribution in [-0.4, -0.2) is 17.9 Å². The Balaban J connectivity index is 2.40. The van der Waals surface area contributed by atoms with Crippen molar-refractivity contribution in [2.45, 2.75) is 13.0 Å². The molecule has 0 aliphatic rings. The molecule has 0 unspecified atom stereocenters. The zero-order valence-electron chi connectivity index (χ0n) is 9.38. The molecule has 0 spiro atoms. The van der Waals surface area contributed by atoms with Gasteiger partial charge in [0.2, 0.25) is 6.41 Å². The maximum absolute atomic E-state index is 10.9. The van der Waals surface area contributed by atoms with Gasteiger partial charge in [-0.1, -0.05) is 55.1 Å². The molecule has 0 aliphatic carbocycles. The van der Waals surface area contributed by atoms with Crippen LogP contribution in [0.4, 0.5) is 0 Å².